The van der Waals surface area contributed by atoms with Gasteiger partial charge in [0.15, 0.2) is 5.16 Å². The van der Waals surface area contributed by atoms with Gasteiger partial charge in [0.05, 0.1) is 5.60 Å². The van der Waals surface area contributed by atoms with Crippen LogP contribution in [0.25, 0.3) is 0 Å². The largest absolute Gasteiger partial charge is 0.389 e. The van der Waals surface area contributed by atoms with Gasteiger partial charge in [-0.1, -0.05) is 18.7 Å². The number of nitrogens with zero attached hydrogens (tertiary/aromatic N) is 4. The highest BCUT2D eigenvalue weighted by atomic mass is 32.2. The SMILES string of the molecule is CCCSc1ncc(CN2CCC[C@@](O)(CN(C)C)CC2)cn1. The third kappa shape index (κ3) is 6.37. The van der Waals surface area contributed by atoms with Gasteiger partial charge in [-0.25, -0.2) is 9.97 Å². The summed E-state index contributed by atoms with van der Waals surface area (Å²) < 4.78 is 0. The van der Waals surface area contributed by atoms with Crippen LogP contribution in [0.4, 0.5) is 0 Å². The van der Waals surface area contributed by atoms with Crippen molar-refractivity contribution < 1.29 is 5.11 Å². The summed E-state index contributed by atoms with van der Waals surface area (Å²) in [7, 11) is 4.05. The molecule has 1 fully saturated rings. The van der Waals surface area contributed by atoms with Crippen molar-refractivity contribution in [1.29, 1.82) is 0 Å². The number of hydrogen-bond acceptors (Lipinski definition) is 6. The number of rotatable bonds is 7. The molecule has 0 aliphatic carbocycles. The zero-order valence-electron chi connectivity index (χ0n) is 14.7. The second kappa shape index (κ2) is 8.97. The summed E-state index contributed by atoms with van der Waals surface area (Å²) in [6.45, 7) is 5.74. The van der Waals surface area contributed by atoms with Gasteiger partial charge in [0.2, 0.25) is 0 Å². The van der Waals surface area contributed by atoms with Crippen LogP contribution in [-0.2, 0) is 6.54 Å². The lowest BCUT2D eigenvalue weighted by Crippen LogP contribution is -2.40. The lowest BCUT2D eigenvalue weighted by Gasteiger charge is -2.30. The Bertz CT molecular complexity index is 468. The highest BCUT2D eigenvalue weighted by Gasteiger charge is 2.30. The first kappa shape index (κ1) is 18.6. The van der Waals surface area contributed by atoms with Crippen molar-refractivity contribution in [3.8, 4) is 0 Å². The molecule has 0 radical (unpaired) electrons. The molecule has 0 saturated carbocycles. The summed E-state index contributed by atoms with van der Waals surface area (Å²) >= 11 is 1.71. The average Bonchev–Trinajstić information content (AvgIpc) is 2.68. The van der Waals surface area contributed by atoms with E-state index in [-0.39, 0.29) is 0 Å². The molecule has 1 aromatic heterocycles. The topological polar surface area (TPSA) is 52.5 Å². The molecule has 1 aliphatic heterocycles. The van der Waals surface area contributed by atoms with Crippen LogP contribution in [-0.4, -0.2) is 70.0 Å². The molecular weight excluding hydrogens is 308 g/mol. The van der Waals surface area contributed by atoms with E-state index in [9.17, 15) is 5.11 Å². The Morgan fingerprint density at radius 1 is 1.26 bits per heavy atom. The highest BCUT2D eigenvalue weighted by molar-refractivity contribution is 7.99. The van der Waals surface area contributed by atoms with Crippen LogP contribution in [0.15, 0.2) is 17.6 Å². The molecule has 0 spiro atoms. The highest BCUT2D eigenvalue weighted by Crippen LogP contribution is 2.24. The Labute approximate surface area is 144 Å². The molecule has 6 heteroatoms. The first-order chi connectivity index (χ1) is 11.0. The Morgan fingerprint density at radius 2 is 2.00 bits per heavy atom. The van der Waals surface area contributed by atoms with Gasteiger partial charge in [0, 0.05) is 43.3 Å². The molecule has 1 N–H and O–H groups in total. The molecule has 1 aliphatic rings. The van der Waals surface area contributed by atoms with Crippen LogP contribution in [0, 0.1) is 0 Å². The third-order valence-corrected chi connectivity index (χ3v) is 5.22. The summed E-state index contributed by atoms with van der Waals surface area (Å²) in [5, 5.41) is 11.6. The standard InChI is InChI=1S/C17H30N4OS/c1-4-10-23-16-18-11-15(12-19-16)13-21-8-5-6-17(22,7-9-21)14-20(2)3/h11-12,22H,4-10,13-14H2,1-3H3/t17-/m0/s1. The molecule has 130 valence electrons. The predicted molar refractivity (Wildman–Crippen MR) is 95.7 cm³/mol. The van der Waals surface area contributed by atoms with Crippen molar-refractivity contribution in [2.45, 2.75) is 49.9 Å². The third-order valence-electron chi connectivity index (χ3n) is 4.14. The number of hydrogen-bond donors (Lipinski definition) is 1. The summed E-state index contributed by atoms with van der Waals surface area (Å²) in [6.07, 6.45) is 7.78. The average molecular weight is 339 g/mol. The van der Waals surface area contributed by atoms with E-state index in [0.29, 0.717) is 0 Å². The van der Waals surface area contributed by atoms with E-state index in [1.54, 1.807) is 11.8 Å². The monoisotopic (exact) mass is 338 g/mol. The van der Waals surface area contributed by atoms with E-state index >= 15 is 0 Å². The number of likely N-dealkylation sites (N-methyl/N-ethyl adjacent to an activating group) is 1. The van der Waals surface area contributed by atoms with Gasteiger partial charge < -0.3 is 10.0 Å². The molecule has 0 unspecified atom stereocenters. The Morgan fingerprint density at radius 3 is 2.65 bits per heavy atom. The summed E-state index contributed by atoms with van der Waals surface area (Å²) in [4.78, 5) is 13.4. The van der Waals surface area contributed by atoms with Crippen molar-refractivity contribution in [2.24, 2.45) is 0 Å². The van der Waals surface area contributed by atoms with E-state index < -0.39 is 5.60 Å². The van der Waals surface area contributed by atoms with Gasteiger partial charge >= 0.3 is 0 Å². The van der Waals surface area contributed by atoms with Gasteiger partial charge in [0.1, 0.15) is 0 Å². The fraction of sp³-hybridized carbons (Fsp3) is 0.765. The van der Waals surface area contributed by atoms with E-state index in [4.69, 9.17) is 0 Å². The van der Waals surface area contributed by atoms with Crippen molar-refractivity contribution in [2.75, 3.05) is 39.5 Å². The fourth-order valence-electron chi connectivity index (χ4n) is 3.09. The molecule has 0 amide bonds. The smallest absolute Gasteiger partial charge is 0.187 e. The normalized spacial score (nSPS) is 23.2. The van der Waals surface area contributed by atoms with Crippen molar-refractivity contribution >= 4 is 11.8 Å². The van der Waals surface area contributed by atoms with Crippen molar-refractivity contribution in [3.63, 3.8) is 0 Å². The number of likely N-dealkylation sites (tertiary alicyclic amines) is 1. The maximum Gasteiger partial charge on any atom is 0.187 e. The second-order valence-electron chi connectivity index (χ2n) is 6.81. The predicted octanol–water partition coefficient (Wildman–Crippen LogP) is 2.26. The Kier molecular flexibility index (Phi) is 7.27. The van der Waals surface area contributed by atoms with Crippen LogP contribution in [0.2, 0.25) is 0 Å². The molecule has 23 heavy (non-hydrogen) atoms. The molecule has 2 rings (SSSR count). The number of aromatic nitrogens is 2. The first-order valence-corrected chi connectivity index (χ1v) is 9.52. The van der Waals surface area contributed by atoms with Crippen LogP contribution in [0.1, 0.15) is 38.2 Å². The summed E-state index contributed by atoms with van der Waals surface area (Å²) in [5.41, 5.74) is 0.610. The quantitative estimate of drug-likeness (QED) is 0.608. The minimum absolute atomic E-state index is 0.546. The van der Waals surface area contributed by atoms with E-state index in [0.717, 1.165) is 68.3 Å². The summed E-state index contributed by atoms with van der Waals surface area (Å²) in [5.74, 6) is 1.07. The maximum atomic E-state index is 10.7. The number of thioether (sulfide) groups is 1. The lowest BCUT2D eigenvalue weighted by atomic mass is 9.94. The fourth-order valence-corrected chi connectivity index (χ4v) is 3.73. The molecule has 1 saturated heterocycles. The van der Waals surface area contributed by atoms with Crippen LogP contribution >= 0.6 is 11.8 Å². The van der Waals surface area contributed by atoms with Gasteiger partial charge in [-0.2, -0.15) is 0 Å². The van der Waals surface area contributed by atoms with Crippen LogP contribution in [0.3, 0.4) is 0 Å². The second-order valence-corrected chi connectivity index (χ2v) is 7.88. The molecule has 0 bridgehead atoms. The minimum atomic E-state index is -0.546. The zero-order valence-corrected chi connectivity index (χ0v) is 15.5. The van der Waals surface area contributed by atoms with Crippen LogP contribution < -0.4 is 0 Å². The molecule has 0 aromatic carbocycles. The Balaban J connectivity index is 1.86. The van der Waals surface area contributed by atoms with Gasteiger partial charge in [0.25, 0.3) is 0 Å². The maximum absolute atomic E-state index is 10.7. The van der Waals surface area contributed by atoms with Gasteiger partial charge in [-0.3, -0.25) is 4.90 Å². The van der Waals surface area contributed by atoms with Crippen molar-refractivity contribution in [1.82, 2.24) is 19.8 Å². The van der Waals surface area contributed by atoms with E-state index in [1.165, 1.54) is 0 Å². The first-order valence-electron chi connectivity index (χ1n) is 8.54. The van der Waals surface area contributed by atoms with Gasteiger partial charge in [-0.15, -0.1) is 0 Å². The zero-order chi connectivity index (χ0) is 16.7. The molecular formula is C17H30N4OS. The minimum Gasteiger partial charge on any atom is -0.389 e. The molecule has 1 atom stereocenters. The van der Waals surface area contributed by atoms with E-state index in [2.05, 4.69) is 26.7 Å². The van der Waals surface area contributed by atoms with Crippen molar-refractivity contribution in [3.05, 3.63) is 18.0 Å². The van der Waals surface area contributed by atoms with Crippen LogP contribution in [0.5, 0.6) is 0 Å². The Hall–Kier alpha value is -0.690. The lowest BCUT2D eigenvalue weighted by molar-refractivity contribution is 0.00257. The molecule has 5 nitrogen and oxygen atoms in total. The number of aliphatic hydroxyl groups is 1. The molecule has 2 heterocycles. The van der Waals surface area contributed by atoms with E-state index in [1.807, 2.05) is 26.5 Å². The molecule has 1 aromatic rings. The van der Waals surface area contributed by atoms with Gasteiger partial charge in [-0.05, 0) is 46.3 Å². The summed E-state index contributed by atoms with van der Waals surface area (Å²) in [6, 6.07) is 0.